The van der Waals surface area contributed by atoms with E-state index in [9.17, 15) is 0 Å². The normalized spacial score (nSPS) is 14.3. The van der Waals surface area contributed by atoms with Crippen LogP contribution >= 0.6 is 34.5 Å². The van der Waals surface area contributed by atoms with Gasteiger partial charge in [0.05, 0.1) is 0 Å². The van der Waals surface area contributed by atoms with Crippen LogP contribution in [0.5, 0.6) is 0 Å². The number of nitrogens with one attached hydrogen (secondary N) is 1. The lowest BCUT2D eigenvalue weighted by Crippen LogP contribution is -2.23. The Morgan fingerprint density at radius 3 is 2.63 bits per heavy atom. The first-order valence-corrected chi connectivity index (χ1v) is 7.99. The predicted molar refractivity (Wildman–Crippen MR) is 85.4 cm³/mol. The van der Waals surface area contributed by atoms with Crippen LogP contribution in [0.1, 0.15) is 42.8 Å². The monoisotopic (exact) mass is 313 g/mol. The minimum Gasteiger partial charge on any atom is -0.303 e. The van der Waals surface area contributed by atoms with E-state index in [0.29, 0.717) is 11.1 Å². The van der Waals surface area contributed by atoms with E-state index < -0.39 is 0 Å². The maximum absolute atomic E-state index is 6.29. The summed E-state index contributed by atoms with van der Waals surface area (Å²) in [7, 11) is 0. The molecule has 0 saturated carbocycles. The third kappa shape index (κ3) is 3.73. The van der Waals surface area contributed by atoms with Crippen molar-refractivity contribution < 1.29 is 0 Å². The Kier molecular flexibility index (Phi) is 5.28. The van der Waals surface area contributed by atoms with Crippen molar-refractivity contribution in [2.45, 2.75) is 32.4 Å². The second-order valence-electron chi connectivity index (χ2n) is 4.53. The molecule has 0 spiro atoms. The second kappa shape index (κ2) is 6.76. The Morgan fingerprint density at radius 1 is 1.26 bits per heavy atom. The van der Waals surface area contributed by atoms with Crippen LogP contribution in [0.2, 0.25) is 10.0 Å². The number of hydrogen-bond donors (Lipinski definition) is 1. The highest BCUT2D eigenvalue weighted by Gasteiger charge is 2.16. The van der Waals surface area contributed by atoms with E-state index in [1.165, 1.54) is 4.88 Å². The van der Waals surface area contributed by atoms with Crippen molar-refractivity contribution in [1.82, 2.24) is 5.32 Å². The molecular formula is C15H17Cl2NS. The number of rotatable bonds is 5. The summed E-state index contributed by atoms with van der Waals surface area (Å²) in [6.45, 7) is 4.34. The zero-order valence-electron chi connectivity index (χ0n) is 11.0. The molecule has 2 aromatic rings. The predicted octanol–water partition coefficient (Wildman–Crippen LogP) is 5.86. The minimum absolute atomic E-state index is 0.238. The molecule has 1 N–H and O–H groups in total. The molecule has 0 amide bonds. The van der Waals surface area contributed by atoms with E-state index in [1.54, 1.807) is 17.4 Å². The van der Waals surface area contributed by atoms with Crippen molar-refractivity contribution in [2.24, 2.45) is 0 Å². The van der Waals surface area contributed by atoms with E-state index >= 15 is 0 Å². The van der Waals surface area contributed by atoms with Gasteiger partial charge in [-0.1, -0.05) is 42.3 Å². The second-order valence-corrected chi connectivity index (χ2v) is 6.35. The fraction of sp³-hybridized carbons (Fsp3) is 0.333. The Morgan fingerprint density at radius 2 is 2.05 bits per heavy atom. The zero-order chi connectivity index (χ0) is 13.8. The SMILES string of the molecule is CCC(N[C@@H](C)c1cccs1)c1ccc(Cl)cc1Cl. The molecule has 1 heterocycles. The highest BCUT2D eigenvalue weighted by Crippen LogP contribution is 2.30. The molecule has 0 radical (unpaired) electrons. The zero-order valence-corrected chi connectivity index (χ0v) is 13.3. The molecule has 102 valence electrons. The molecule has 1 unspecified atom stereocenters. The molecule has 1 aromatic carbocycles. The van der Waals surface area contributed by atoms with E-state index in [1.807, 2.05) is 12.1 Å². The first-order chi connectivity index (χ1) is 9.11. The van der Waals surface area contributed by atoms with E-state index in [-0.39, 0.29) is 6.04 Å². The fourth-order valence-electron chi connectivity index (χ4n) is 2.13. The van der Waals surface area contributed by atoms with Crippen molar-refractivity contribution in [1.29, 1.82) is 0 Å². The third-order valence-electron chi connectivity index (χ3n) is 3.17. The molecule has 2 atom stereocenters. The first kappa shape index (κ1) is 14.9. The van der Waals surface area contributed by atoms with E-state index in [4.69, 9.17) is 23.2 Å². The largest absolute Gasteiger partial charge is 0.303 e. The van der Waals surface area contributed by atoms with Crippen LogP contribution < -0.4 is 5.32 Å². The molecule has 0 bridgehead atoms. The lowest BCUT2D eigenvalue weighted by atomic mass is 10.0. The van der Waals surface area contributed by atoms with Gasteiger partial charge in [0.25, 0.3) is 0 Å². The van der Waals surface area contributed by atoms with Crippen LogP contribution in [-0.2, 0) is 0 Å². The van der Waals surface area contributed by atoms with Gasteiger partial charge in [0.2, 0.25) is 0 Å². The molecule has 0 saturated heterocycles. The molecule has 1 aromatic heterocycles. The quantitative estimate of drug-likeness (QED) is 0.729. The summed E-state index contributed by atoms with van der Waals surface area (Å²) >= 11 is 14.0. The van der Waals surface area contributed by atoms with Crippen LogP contribution in [0.4, 0.5) is 0 Å². The number of hydrogen-bond acceptors (Lipinski definition) is 2. The van der Waals surface area contributed by atoms with Crippen molar-refractivity contribution in [3.05, 3.63) is 56.2 Å². The summed E-state index contributed by atoms with van der Waals surface area (Å²) in [5.41, 5.74) is 1.11. The minimum atomic E-state index is 0.238. The Hall–Kier alpha value is -0.540. The molecule has 0 aliphatic rings. The summed E-state index contributed by atoms with van der Waals surface area (Å²) in [6, 6.07) is 10.5. The van der Waals surface area contributed by atoms with Gasteiger partial charge in [0, 0.05) is 27.0 Å². The van der Waals surface area contributed by atoms with Gasteiger partial charge in [0.15, 0.2) is 0 Å². The molecule has 1 nitrogen and oxygen atoms in total. The Balaban J connectivity index is 2.16. The number of halogens is 2. The first-order valence-electron chi connectivity index (χ1n) is 6.36. The number of benzene rings is 1. The van der Waals surface area contributed by atoms with Crippen molar-refractivity contribution in [3.63, 3.8) is 0 Å². The van der Waals surface area contributed by atoms with Crippen molar-refractivity contribution in [2.75, 3.05) is 0 Å². The van der Waals surface area contributed by atoms with Crippen molar-refractivity contribution in [3.8, 4) is 0 Å². The van der Waals surface area contributed by atoms with Crippen LogP contribution in [0.25, 0.3) is 0 Å². The third-order valence-corrected chi connectivity index (χ3v) is 4.78. The summed E-state index contributed by atoms with van der Waals surface area (Å²) < 4.78 is 0. The van der Waals surface area contributed by atoms with Crippen LogP contribution in [0.3, 0.4) is 0 Å². The van der Waals surface area contributed by atoms with Gasteiger partial charge in [-0.25, -0.2) is 0 Å². The van der Waals surface area contributed by atoms with Gasteiger partial charge in [-0.3, -0.25) is 0 Å². The standard InChI is InChI=1S/C15H17Cl2NS/c1-3-14(12-7-6-11(16)9-13(12)17)18-10(2)15-5-4-8-19-15/h4-10,14,18H,3H2,1-2H3/t10-,14?/m0/s1. The van der Waals surface area contributed by atoms with Crippen LogP contribution in [0, 0.1) is 0 Å². The molecular weight excluding hydrogens is 297 g/mol. The lowest BCUT2D eigenvalue weighted by Gasteiger charge is -2.23. The van der Waals surface area contributed by atoms with E-state index in [0.717, 1.165) is 17.0 Å². The average molecular weight is 314 g/mol. The van der Waals surface area contributed by atoms with Gasteiger partial charge < -0.3 is 5.32 Å². The maximum atomic E-state index is 6.29. The van der Waals surface area contributed by atoms with E-state index in [2.05, 4.69) is 36.7 Å². The fourth-order valence-corrected chi connectivity index (χ4v) is 3.42. The summed E-state index contributed by atoms with van der Waals surface area (Å²) in [5.74, 6) is 0. The molecule has 0 fully saturated rings. The summed E-state index contributed by atoms with van der Waals surface area (Å²) in [4.78, 5) is 1.34. The topological polar surface area (TPSA) is 12.0 Å². The van der Waals surface area contributed by atoms with Gasteiger partial charge in [-0.2, -0.15) is 0 Å². The van der Waals surface area contributed by atoms with Crippen molar-refractivity contribution >= 4 is 34.5 Å². The molecule has 19 heavy (non-hydrogen) atoms. The smallest absolute Gasteiger partial charge is 0.0468 e. The Labute approximate surface area is 128 Å². The molecule has 2 rings (SSSR count). The lowest BCUT2D eigenvalue weighted by molar-refractivity contribution is 0.461. The van der Waals surface area contributed by atoms with Crippen LogP contribution in [0.15, 0.2) is 35.7 Å². The Bertz CT molecular complexity index is 525. The molecule has 0 aliphatic heterocycles. The van der Waals surface area contributed by atoms with Gasteiger partial charge in [-0.05, 0) is 42.5 Å². The molecule has 0 aliphatic carbocycles. The summed E-state index contributed by atoms with van der Waals surface area (Å²) in [5, 5.41) is 7.13. The number of thiophene rings is 1. The molecule has 4 heteroatoms. The van der Waals surface area contributed by atoms with Crippen LogP contribution in [-0.4, -0.2) is 0 Å². The van der Waals surface area contributed by atoms with Gasteiger partial charge >= 0.3 is 0 Å². The highest BCUT2D eigenvalue weighted by atomic mass is 35.5. The van der Waals surface area contributed by atoms with Gasteiger partial charge in [-0.15, -0.1) is 11.3 Å². The maximum Gasteiger partial charge on any atom is 0.0468 e. The average Bonchev–Trinajstić information content (AvgIpc) is 2.90. The van der Waals surface area contributed by atoms with Gasteiger partial charge in [0.1, 0.15) is 0 Å². The summed E-state index contributed by atoms with van der Waals surface area (Å²) in [6.07, 6.45) is 0.983. The highest BCUT2D eigenvalue weighted by molar-refractivity contribution is 7.10.